The molecule has 3 aliphatic rings. The summed E-state index contributed by atoms with van der Waals surface area (Å²) in [6.07, 6.45) is 2.69. The van der Waals surface area contributed by atoms with Gasteiger partial charge in [0, 0.05) is 36.2 Å². The highest BCUT2D eigenvalue weighted by Crippen LogP contribution is 2.46. The summed E-state index contributed by atoms with van der Waals surface area (Å²) in [6.45, 7) is 2.75. The first-order valence-corrected chi connectivity index (χ1v) is 11.1. The third-order valence-corrected chi connectivity index (χ3v) is 7.44. The maximum absolute atomic E-state index is 13.5. The minimum Gasteiger partial charge on any atom is -0.492 e. The summed E-state index contributed by atoms with van der Waals surface area (Å²) in [5.74, 6) is 1.14. The predicted molar refractivity (Wildman–Crippen MR) is 121 cm³/mol. The Labute approximate surface area is 182 Å². The number of likely N-dealkylation sites (tertiary alicyclic amines) is 1. The summed E-state index contributed by atoms with van der Waals surface area (Å²) in [6, 6.07) is 21.0. The number of nitrogens with two attached hydrogens (primary N) is 1. The highest BCUT2D eigenvalue weighted by atomic mass is 16.5. The van der Waals surface area contributed by atoms with E-state index in [2.05, 4.69) is 42.5 Å². The van der Waals surface area contributed by atoms with Crippen LogP contribution >= 0.6 is 0 Å². The molecule has 4 nitrogen and oxygen atoms in total. The number of nitrogens with zero attached hydrogens (tertiary/aromatic N) is 1. The van der Waals surface area contributed by atoms with Crippen LogP contribution in [0.4, 0.5) is 0 Å². The molecule has 1 aliphatic carbocycles. The molecule has 0 saturated carbocycles. The number of benzene rings is 3. The van der Waals surface area contributed by atoms with Crippen molar-refractivity contribution in [3.63, 3.8) is 0 Å². The Morgan fingerprint density at radius 1 is 1.00 bits per heavy atom. The first-order valence-electron chi connectivity index (χ1n) is 11.1. The fraction of sp³-hybridized carbons (Fsp3) is 0.296. The molecule has 156 valence electrons. The van der Waals surface area contributed by atoms with Gasteiger partial charge in [0.25, 0.3) is 5.91 Å². The average Bonchev–Trinajstić information content (AvgIpc) is 3.37. The molecule has 31 heavy (non-hydrogen) atoms. The minimum absolute atomic E-state index is 0.00612. The summed E-state index contributed by atoms with van der Waals surface area (Å²) in [5, 5.41) is 0. The van der Waals surface area contributed by atoms with Gasteiger partial charge in [-0.15, -0.1) is 0 Å². The van der Waals surface area contributed by atoms with E-state index >= 15 is 0 Å². The van der Waals surface area contributed by atoms with Gasteiger partial charge in [-0.3, -0.25) is 4.79 Å². The van der Waals surface area contributed by atoms with Crippen molar-refractivity contribution in [3.8, 4) is 16.9 Å². The molecule has 1 amide bonds. The summed E-state index contributed by atoms with van der Waals surface area (Å²) in [7, 11) is 0. The number of rotatable bonds is 2. The Bertz CT molecular complexity index is 1190. The summed E-state index contributed by atoms with van der Waals surface area (Å²) >= 11 is 0. The van der Waals surface area contributed by atoms with Crippen LogP contribution < -0.4 is 10.5 Å². The topological polar surface area (TPSA) is 55.6 Å². The second kappa shape index (κ2) is 6.96. The van der Waals surface area contributed by atoms with Crippen LogP contribution in [0, 0.1) is 0 Å². The van der Waals surface area contributed by atoms with Crippen LogP contribution in [0.15, 0.2) is 60.7 Å². The SMILES string of the molecule is NCc1ccc2c(c1)C1(CCN(C(=O)c3cccc4c3Cc3ccccc3-4)CC1)CO2. The number of fused-ring (bicyclic) bond motifs is 5. The van der Waals surface area contributed by atoms with Gasteiger partial charge in [0.15, 0.2) is 0 Å². The number of piperidine rings is 1. The fourth-order valence-corrected chi connectivity index (χ4v) is 5.62. The number of hydrogen-bond donors (Lipinski definition) is 1. The van der Waals surface area contributed by atoms with Gasteiger partial charge in [0.1, 0.15) is 5.75 Å². The van der Waals surface area contributed by atoms with Crippen LogP contribution in [-0.4, -0.2) is 30.5 Å². The third kappa shape index (κ3) is 2.82. The van der Waals surface area contributed by atoms with E-state index in [9.17, 15) is 4.79 Å². The monoisotopic (exact) mass is 410 g/mol. The lowest BCUT2D eigenvalue weighted by Crippen LogP contribution is -2.46. The van der Waals surface area contributed by atoms with E-state index in [1.807, 2.05) is 23.1 Å². The van der Waals surface area contributed by atoms with E-state index in [-0.39, 0.29) is 11.3 Å². The molecule has 1 fully saturated rings. The summed E-state index contributed by atoms with van der Waals surface area (Å²) < 4.78 is 6.02. The normalized spacial score (nSPS) is 17.8. The average molecular weight is 411 g/mol. The van der Waals surface area contributed by atoms with Crippen molar-refractivity contribution in [1.82, 2.24) is 4.90 Å². The molecule has 3 aromatic rings. The van der Waals surface area contributed by atoms with Crippen molar-refractivity contribution in [2.75, 3.05) is 19.7 Å². The van der Waals surface area contributed by atoms with Crippen LogP contribution in [0.2, 0.25) is 0 Å². The Balaban J connectivity index is 1.25. The highest BCUT2D eigenvalue weighted by molar-refractivity contribution is 5.99. The molecule has 0 aromatic heterocycles. The van der Waals surface area contributed by atoms with Crippen molar-refractivity contribution >= 4 is 5.91 Å². The van der Waals surface area contributed by atoms with E-state index in [4.69, 9.17) is 10.5 Å². The third-order valence-electron chi connectivity index (χ3n) is 7.44. The molecule has 1 spiro atoms. The molecule has 2 heterocycles. The smallest absolute Gasteiger partial charge is 0.254 e. The van der Waals surface area contributed by atoms with E-state index in [0.717, 1.165) is 49.2 Å². The van der Waals surface area contributed by atoms with Gasteiger partial charge in [0.2, 0.25) is 0 Å². The first kappa shape index (κ1) is 18.6. The zero-order chi connectivity index (χ0) is 21.0. The molecule has 2 aliphatic heterocycles. The maximum atomic E-state index is 13.5. The molecule has 3 aromatic carbocycles. The molecular weight excluding hydrogens is 384 g/mol. The molecule has 0 radical (unpaired) electrons. The Morgan fingerprint density at radius 2 is 1.81 bits per heavy atom. The van der Waals surface area contributed by atoms with Gasteiger partial charge < -0.3 is 15.4 Å². The molecule has 0 atom stereocenters. The van der Waals surface area contributed by atoms with E-state index in [1.54, 1.807) is 0 Å². The van der Waals surface area contributed by atoms with Gasteiger partial charge in [-0.25, -0.2) is 0 Å². The highest BCUT2D eigenvalue weighted by Gasteiger charge is 2.44. The van der Waals surface area contributed by atoms with Crippen LogP contribution in [-0.2, 0) is 18.4 Å². The van der Waals surface area contributed by atoms with Crippen LogP contribution in [0.25, 0.3) is 11.1 Å². The van der Waals surface area contributed by atoms with Gasteiger partial charge in [-0.05, 0) is 59.2 Å². The zero-order valence-electron chi connectivity index (χ0n) is 17.6. The maximum Gasteiger partial charge on any atom is 0.254 e. The second-order valence-electron chi connectivity index (χ2n) is 9.06. The van der Waals surface area contributed by atoms with E-state index in [0.29, 0.717) is 13.2 Å². The van der Waals surface area contributed by atoms with Crippen LogP contribution in [0.1, 0.15) is 45.5 Å². The predicted octanol–water partition coefficient (Wildman–Crippen LogP) is 4.28. The molecule has 6 rings (SSSR count). The zero-order valence-corrected chi connectivity index (χ0v) is 17.6. The molecule has 0 bridgehead atoms. The van der Waals surface area contributed by atoms with Crippen molar-refractivity contribution in [2.24, 2.45) is 5.73 Å². The lowest BCUT2D eigenvalue weighted by atomic mass is 9.74. The summed E-state index contributed by atoms with van der Waals surface area (Å²) in [4.78, 5) is 15.6. The molecule has 4 heteroatoms. The fourth-order valence-electron chi connectivity index (χ4n) is 5.62. The van der Waals surface area contributed by atoms with Crippen molar-refractivity contribution in [1.29, 1.82) is 0 Å². The van der Waals surface area contributed by atoms with Gasteiger partial charge in [0.05, 0.1) is 6.61 Å². The Kier molecular flexibility index (Phi) is 4.19. The quantitative estimate of drug-likeness (QED) is 0.537. The minimum atomic E-state index is 0.00612. The van der Waals surface area contributed by atoms with Crippen molar-refractivity contribution in [3.05, 3.63) is 88.5 Å². The van der Waals surface area contributed by atoms with E-state index < -0.39 is 0 Å². The lowest BCUT2D eigenvalue weighted by molar-refractivity contribution is 0.0645. The van der Waals surface area contributed by atoms with Crippen molar-refractivity contribution in [2.45, 2.75) is 31.2 Å². The van der Waals surface area contributed by atoms with Crippen LogP contribution in [0.3, 0.4) is 0 Å². The standard InChI is InChI=1S/C27H26N2O2/c28-16-18-8-9-25-24(14-18)27(17-31-25)10-12-29(13-11-27)26(30)22-7-3-6-21-20-5-2-1-4-19(20)15-23(21)22/h1-9,14H,10-13,15-17,28H2. The number of carbonyl (C=O) groups excluding carboxylic acids is 1. The van der Waals surface area contributed by atoms with Crippen molar-refractivity contribution < 1.29 is 9.53 Å². The molecule has 0 unspecified atom stereocenters. The first-order chi connectivity index (χ1) is 15.2. The second-order valence-corrected chi connectivity index (χ2v) is 9.06. The largest absolute Gasteiger partial charge is 0.492 e. The molecule has 1 saturated heterocycles. The molecule has 2 N–H and O–H groups in total. The number of hydrogen-bond acceptors (Lipinski definition) is 3. The van der Waals surface area contributed by atoms with Gasteiger partial charge >= 0.3 is 0 Å². The number of ether oxygens (including phenoxy) is 1. The Morgan fingerprint density at radius 3 is 2.65 bits per heavy atom. The number of amides is 1. The number of carbonyl (C=O) groups is 1. The summed E-state index contributed by atoms with van der Waals surface area (Å²) in [5.41, 5.74) is 14.1. The van der Waals surface area contributed by atoms with E-state index in [1.165, 1.54) is 27.8 Å². The molecular formula is C27H26N2O2. The van der Waals surface area contributed by atoms with Gasteiger partial charge in [-0.2, -0.15) is 0 Å². The van der Waals surface area contributed by atoms with Gasteiger partial charge in [-0.1, -0.05) is 48.5 Å². The Hall–Kier alpha value is -3.11. The lowest BCUT2D eigenvalue weighted by Gasteiger charge is -2.39. The van der Waals surface area contributed by atoms with Crippen LogP contribution in [0.5, 0.6) is 5.75 Å².